The summed E-state index contributed by atoms with van der Waals surface area (Å²) in [5.74, 6) is -0.245. The number of amides is 3. The fraction of sp³-hybridized carbons (Fsp3) is 0.636. The van der Waals surface area contributed by atoms with Crippen molar-refractivity contribution in [3.05, 3.63) is 41.3 Å². The molecule has 1 saturated carbocycles. The van der Waals surface area contributed by atoms with E-state index in [1.54, 1.807) is 47.4 Å². The number of hydrogen-bond acceptors (Lipinski definition) is 8. The van der Waals surface area contributed by atoms with E-state index < -0.39 is 22.0 Å². The van der Waals surface area contributed by atoms with Crippen molar-refractivity contribution in [1.29, 1.82) is 0 Å². The second-order valence-corrected chi connectivity index (χ2v) is 15.6. The lowest BCUT2D eigenvalue weighted by Gasteiger charge is -2.36. The highest BCUT2D eigenvalue weighted by Crippen LogP contribution is 2.30. The minimum atomic E-state index is -3.84. The monoisotopic (exact) mass is 678 g/mol. The van der Waals surface area contributed by atoms with Gasteiger partial charge in [-0.1, -0.05) is 32.3 Å². The van der Waals surface area contributed by atoms with E-state index in [-0.39, 0.29) is 58.8 Å². The molecule has 256 valence electrons. The highest BCUT2D eigenvalue weighted by molar-refractivity contribution is 7.94. The number of hydrogen-bond donors (Lipinski definition) is 3. The molecule has 0 saturated heterocycles. The van der Waals surface area contributed by atoms with Crippen LogP contribution in [0.25, 0.3) is 0 Å². The van der Waals surface area contributed by atoms with Crippen molar-refractivity contribution < 1.29 is 32.6 Å². The molecule has 0 radical (unpaired) electrons. The summed E-state index contributed by atoms with van der Waals surface area (Å²) in [4.78, 5) is 30.7. The first-order valence-corrected chi connectivity index (χ1v) is 18.8. The molecule has 2 aliphatic rings. The van der Waals surface area contributed by atoms with Crippen LogP contribution in [0.4, 0.5) is 10.5 Å². The molecular formula is C33H50N4O7S2. The van der Waals surface area contributed by atoms with Gasteiger partial charge in [0, 0.05) is 44.4 Å². The van der Waals surface area contributed by atoms with E-state index in [1.807, 2.05) is 13.8 Å². The van der Waals surface area contributed by atoms with E-state index in [2.05, 4.69) is 10.0 Å². The zero-order valence-corrected chi connectivity index (χ0v) is 29.1. The minimum absolute atomic E-state index is 0.129. The topological polar surface area (TPSA) is 138 Å². The third kappa shape index (κ3) is 9.82. The first-order valence-electron chi connectivity index (χ1n) is 16.4. The van der Waals surface area contributed by atoms with E-state index >= 15 is 0 Å². The number of sulfonamides is 1. The van der Waals surface area contributed by atoms with Gasteiger partial charge in [-0.3, -0.25) is 9.52 Å². The number of carbonyl (C=O) groups excluding carboxylic acids is 2. The molecule has 2 aromatic rings. The number of anilines is 1. The predicted octanol–water partition coefficient (Wildman–Crippen LogP) is 5.32. The molecule has 1 aliphatic heterocycles. The van der Waals surface area contributed by atoms with Crippen molar-refractivity contribution >= 4 is 39.0 Å². The predicted molar refractivity (Wildman–Crippen MR) is 180 cm³/mol. The first-order chi connectivity index (χ1) is 22.0. The summed E-state index contributed by atoms with van der Waals surface area (Å²) >= 11 is 1.10. The van der Waals surface area contributed by atoms with Crippen LogP contribution in [0.15, 0.2) is 39.9 Å². The van der Waals surface area contributed by atoms with Crippen LogP contribution in [-0.4, -0.2) is 92.9 Å². The van der Waals surface area contributed by atoms with Crippen molar-refractivity contribution in [2.24, 2.45) is 5.92 Å². The Labute approximate surface area is 277 Å². The van der Waals surface area contributed by atoms with Gasteiger partial charge >= 0.3 is 6.03 Å². The van der Waals surface area contributed by atoms with Gasteiger partial charge in [-0.15, -0.1) is 11.3 Å². The lowest BCUT2D eigenvalue weighted by molar-refractivity contribution is -0.0123. The molecule has 46 heavy (non-hydrogen) atoms. The Morgan fingerprint density at radius 1 is 1.13 bits per heavy atom. The van der Waals surface area contributed by atoms with Gasteiger partial charge in [0.25, 0.3) is 15.9 Å². The average Bonchev–Trinajstić information content (AvgIpc) is 3.59. The molecule has 13 heteroatoms. The normalized spacial score (nSPS) is 23.0. The van der Waals surface area contributed by atoms with Gasteiger partial charge in [0.1, 0.15) is 9.96 Å². The van der Waals surface area contributed by atoms with Crippen molar-refractivity contribution in [2.45, 2.75) is 101 Å². The van der Waals surface area contributed by atoms with Gasteiger partial charge in [0.15, 0.2) is 0 Å². The van der Waals surface area contributed by atoms with Crippen LogP contribution in [0, 0.1) is 5.92 Å². The van der Waals surface area contributed by atoms with Gasteiger partial charge < -0.3 is 29.7 Å². The summed E-state index contributed by atoms with van der Waals surface area (Å²) in [6.07, 6.45) is 7.25. The van der Waals surface area contributed by atoms with Gasteiger partial charge in [-0.2, -0.15) is 0 Å². The average molecular weight is 679 g/mol. The van der Waals surface area contributed by atoms with E-state index in [4.69, 9.17) is 9.47 Å². The number of carbonyl (C=O) groups is 2. The number of nitrogens with zero attached hydrogens (tertiary/aromatic N) is 2. The van der Waals surface area contributed by atoms with E-state index in [0.29, 0.717) is 18.9 Å². The van der Waals surface area contributed by atoms with Gasteiger partial charge in [0.2, 0.25) is 0 Å². The van der Waals surface area contributed by atoms with Gasteiger partial charge in [-0.25, -0.2) is 13.2 Å². The molecule has 1 fully saturated rings. The van der Waals surface area contributed by atoms with E-state index in [1.165, 1.54) is 18.6 Å². The Hall–Kier alpha value is -2.87. The number of aliphatic hydroxyl groups excluding tert-OH is 1. The summed E-state index contributed by atoms with van der Waals surface area (Å²) in [6.45, 7) is 6.51. The number of fused-ring (bicyclic) bond motifs is 1. The summed E-state index contributed by atoms with van der Waals surface area (Å²) in [7, 11) is -2.07. The Bertz CT molecular complexity index is 1380. The maximum Gasteiger partial charge on any atom is 0.317 e. The first kappa shape index (κ1) is 36.0. The summed E-state index contributed by atoms with van der Waals surface area (Å²) < 4.78 is 41.3. The fourth-order valence-corrected chi connectivity index (χ4v) is 8.00. The highest BCUT2D eigenvalue weighted by Gasteiger charge is 2.31. The lowest BCUT2D eigenvalue weighted by Crippen LogP contribution is -2.50. The van der Waals surface area contributed by atoms with Crippen molar-refractivity contribution in [3.63, 3.8) is 0 Å². The van der Waals surface area contributed by atoms with Crippen LogP contribution in [0.2, 0.25) is 0 Å². The molecule has 3 amide bonds. The number of likely N-dealkylation sites (N-methyl/N-ethyl adjacent to an activating group) is 1. The maximum atomic E-state index is 14.3. The highest BCUT2D eigenvalue weighted by atomic mass is 32.2. The number of urea groups is 1. The SMILES string of the molecule is C[C@H]1CCCCO[C@H](CN(C)C(=O)NC2CCCCC2)[C@@H](C)CN([C@@H](C)CO)C(=O)c2cc(NS(=O)(=O)c3cccs3)ccc2O1. The number of ether oxygens (including phenoxy) is 2. The Morgan fingerprint density at radius 2 is 1.87 bits per heavy atom. The van der Waals surface area contributed by atoms with Crippen molar-refractivity contribution in [2.75, 3.05) is 38.1 Å². The lowest BCUT2D eigenvalue weighted by atomic mass is 9.96. The summed E-state index contributed by atoms with van der Waals surface area (Å²) in [5.41, 5.74) is 0.429. The third-order valence-electron chi connectivity index (χ3n) is 8.80. The van der Waals surface area contributed by atoms with Crippen LogP contribution in [0.3, 0.4) is 0 Å². The quantitative estimate of drug-likeness (QED) is 0.344. The molecule has 3 N–H and O–H groups in total. The van der Waals surface area contributed by atoms with Gasteiger partial charge in [-0.05, 0) is 75.6 Å². The number of nitrogens with one attached hydrogen (secondary N) is 2. The summed E-state index contributed by atoms with van der Waals surface area (Å²) in [6, 6.07) is 7.41. The standard InChI is InChI=1S/C33H50N4O7S2/c1-23-20-37(24(2)22-38)32(39)28-19-27(35-46(41,42)31-14-10-18-45-31)15-16-29(28)44-25(3)11-8-9-17-43-30(23)21-36(4)33(40)34-26-12-6-5-7-13-26/h10,14-16,18-19,23-26,30,35,38H,5-9,11-13,17,20-22H2,1-4H3,(H,34,40)/t23-,24-,25-,30+/m0/s1. The minimum Gasteiger partial charge on any atom is -0.490 e. The number of benzene rings is 1. The summed E-state index contributed by atoms with van der Waals surface area (Å²) in [5, 5.41) is 15.0. The fourth-order valence-electron chi connectivity index (χ4n) is 5.96. The smallest absolute Gasteiger partial charge is 0.317 e. The Kier molecular flexibility index (Phi) is 13.1. The second-order valence-electron chi connectivity index (χ2n) is 12.7. The van der Waals surface area contributed by atoms with Crippen LogP contribution in [-0.2, 0) is 14.8 Å². The molecule has 1 aromatic carbocycles. The molecular weight excluding hydrogens is 629 g/mol. The zero-order valence-electron chi connectivity index (χ0n) is 27.4. The van der Waals surface area contributed by atoms with Crippen molar-refractivity contribution in [3.8, 4) is 5.75 Å². The largest absolute Gasteiger partial charge is 0.490 e. The van der Waals surface area contributed by atoms with Gasteiger partial charge in [0.05, 0.1) is 30.4 Å². The molecule has 11 nitrogen and oxygen atoms in total. The number of rotatable bonds is 8. The third-order valence-corrected chi connectivity index (χ3v) is 11.6. The molecule has 2 heterocycles. The molecule has 1 aliphatic carbocycles. The van der Waals surface area contributed by atoms with Crippen LogP contribution < -0.4 is 14.8 Å². The molecule has 1 aromatic heterocycles. The molecule has 0 unspecified atom stereocenters. The number of aliphatic hydroxyl groups is 1. The number of thiophene rings is 1. The zero-order chi connectivity index (χ0) is 33.3. The Morgan fingerprint density at radius 3 is 2.57 bits per heavy atom. The Balaban J connectivity index is 1.60. The second kappa shape index (κ2) is 16.8. The maximum absolute atomic E-state index is 14.3. The molecule has 0 spiro atoms. The van der Waals surface area contributed by atoms with Crippen LogP contribution in [0.1, 0.15) is 82.5 Å². The van der Waals surface area contributed by atoms with Crippen LogP contribution >= 0.6 is 11.3 Å². The van der Waals surface area contributed by atoms with E-state index in [0.717, 1.165) is 56.3 Å². The molecule has 0 bridgehead atoms. The van der Waals surface area contributed by atoms with E-state index in [9.17, 15) is 23.1 Å². The van der Waals surface area contributed by atoms with Crippen LogP contribution in [0.5, 0.6) is 5.75 Å². The molecule has 4 atom stereocenters. The molecule has 4 rings (SSSR count). The van der Waals surface area contributed by atoms with Crippen molar-refractivity contribution in [1.82, 2.24) is 15.1 Å².